The van der Waals surface area contributed by atoms with E-state index in [0.29, 0.717) is 5.56 Å². The van der Waals surface area contributed by atoms with Crippen LogP contribution in [-0.2, 0) is 14.4 Å². The zero-order valence-electron chi connectivity index (χ0n) is 10.2. The number of allylic oxidation sites excluding steroid dienone is 3. The highest BCUT2D eigenvalue weighted by Crippen LogP contribution is 2.31. The van der Waals surface area contributed by atoms with Crippen LogP contribution in [-0.4, -0.2) is 17.5 Å². The number of rotatable bonds is 3. The van der Waals surface area contributed by atoms with E-state index in [1.807, 2.05) is 5.48 Å². The molecule has 0 aliphatic heterocycles. The second-order valence-electron chi connectivity index (χ2n) is 3.83. The minimum Gasteiger partial charge on any atom is -0.373 e. The Morgan fingerprint density at radius 1 is 0.905 bits per heavy atom. The van der Waals surface area contributed by atoms with E-state index in [9.17, 15) is 14.4 Å². The number of amides is 1. The summed E-state index contributed by atoms with van der Waals surface area (Å²) in [4.78, 5) is 40.0. The number of ketones is 2. The quantitative estimate of drug-likeness (QED) is 0.674. The third-order valence-corrected chi connectivity index (χ3v) is 3.64. The number of carbonyl (C=O) groups excluding carboxylic acids is 3. The van der Waals surface area contributed by atoms with Crippen molar-refractivity contribution in [3.05, 3.63) is 56.8 Å². The van der Waals surface area contributed by atoms with Crippen LogP contribution >= 0.6 is 34.8 Å². The molecule has 0 atom stereocenters. The third kappa shape index (κ3) is 3.10. The van der Waals surface area contributed by atoms with E-state index in [-0.39, 0.29) is 0 Å². The number of hydroxylamine groups is 1. The molecule has 0 saturated heterocycles. The number of Topliss-reactive ketones (excluding diaryl/α,β-unsaturated/α-hetero) is 2. The van der Waals surface area contributed by atoms with Crippen LogP contribution in [0.4, 0.5) is 0 Å². The monoisotopic (exact) mass is 345 g/mol. The average molecular weight is 347 g/mol. The van der Waals surface area contributed by atoms with Crippen molar-refractivity contribution in [3.8, 4) is 0 Å². The van der Waals surface area contributed by atoms with Gasteiger partial charge in [0.25, 0.3) is 5.91 Å². The molecule has 0 unspecified atom stereocenters. The smallest absolute Gasteiger partial charge is 0.283 e. The van der Waals surface area contributed by atoms with Crippen molar-refractivity contribution in [3.63, 3.8) is 0 Å². The van der Waals surface area contributed by atoms with E-state index in [4.69, 9.17) is 39.6 Å². The molecule has 21 heavy (non-hydrogen) atoms. The minimum atomic E-state index is -0.889. The molecule has 1 aromatic rings. The highest BCUT2D eigenvalue weighted by Gasteiger charge is 2.34. The van der Waals surface area contributed by atoms with Gasteiger partial charge in [0.05, 0.1) is 0 Å². The fraction of sp³-hybridized carbons (Fsp3) is 0. The van der Waals surface area contributed by atoms with Crippen LogP contribution in [0.2, 0.25) is 0 Å². The first-order valence-electron chi connectivity index (χ1n) is 5.50. The molecule has 0 heterocycles. The van der Waals surface area contributed by atoms with Crippen LogP contribution in [0, 0.1) is 0 Å². The number of benzene rings is 1. The van der Waals surface area contributed by atoms with Crippen LogP contribution in [0.25, 0.3) is 0 Å². The molecule has 1 N–H and O–H groups in total. The second-order valence-corrected chi connectivity index (χ2v) is 4.96. The van der Waals surface area contributed by atoms with Gasteiger partial charge in [-0.3, -0.25) is 14.4 Å². The van der Waals surface area contributed by atoms with Gasteiger partial charge in [-0.2, -0.15) is 5.48 Å². The maximum Gasteiger partial charge on any atom is 0.283 e. The molecule has 1 amide bonds. The predicted molar refractivity (Wildman–Crippen MR) is 76.6 cm³/mol. The fourth-order valence-electron chi connectivity index (χ4n) is 1.44. The molecule has 5 nitrogen and oxygen atoms in total. The SMILES string of the molecule is O=C1C(Cl)=C(Cl)C(=O)C(ONC(=O)c2ccccc2)=C1Cl. The molecular weight excluding hydrogens is 341 g/mol. The van der Waals surface area contributed by atoms with Gasteiger partial charge in [-0.25, -0.2) is 0 Å². The van der Waals surface area contributed by atoms with Crippen LogP contribution in [0.3, 0.4) is 0 Å². The maximum absolute atomic E-state index is 11.8. The van der Waals surface area contributed by atoms with Gasteiger partial charge >= 0.3 is 0 Å². The maximum atomic E-state index is 11.8. The molecule has 0 fully saturated rings. The van der Waals surface area contributed by atoms with Crippen LogP contribution in [0.1, 0.15) is 10.4 Å². The molecular formula is C13H6Cl3NO4. The Labute approximate surface area is 134 Å². The lowest BCUT2D eigenvalue weighted by Gasteiger charge is -2.15. The molecule has 8 heteroatoms. The Kier molecular flexibility index (Phi) is 4.67. The topological polar surface area (TPSA) is 72.5 Å². The lowest BCUT2D eigenvalue weighted by Crippen LogP contribution is -2.29. The number of hydrogen-bond donors (Lipinski definition) is 1. The van der Waals surface area contributed by atoms with Crippen molar-refractivity contribution in [1.82, 2.24) is 5.48 Å². The molecule has 2 rings (SSSR count). The first kappa shape index (κ1) is 15.6. The zero-order valence-corrected chi connectivity index (χ0v) is 12.4. The second kappa shape index (κ2) is 6.30. The number of carbonyl (C=O) groups is 3. The zero-order chi connectivity index (χ0) is 15.6. The summed E-state index contributed by atoms with van der Waals surface area (Å²) in [5.74, 6) is -2.95. The summed E-state index contributed by atoms with van der Waals surface area (Å²) in [6, 6.07) is 8.09. The molecule has 0 aromatic heterocycles. The van der Waals surface area contributed by atoms with Crippen LogP contribution in [0.5, 0.6) is 0 Å². The number of halogens is 3. The summed E-state index contributed by atoms with van der Waals surface area (Å²) in [7, 11) is 0. The first-order valence-corrected chi connectivity index (χ1v) is 6.63. The lowest BCUT2D eigenvalue weighted by molar-refractivity contribution is -0.118. The van der Waals surface area contributed by atoms with E-state index < -0.39 is 38.3 Å². The van der Waals surface area contributed by atoms with Gasteiger partial charge < -0.3 is 4.84 Å². The van der Waals surface area contributed by atoms with Crippen LogP contribution in [0.15, 0.2) is 51.2 Å². The predicted octanol–water partition coefficient (Wildman–Crippen LogP) is 2.64. The molecule has 0 bridgehead atoms. The standard InChI is InChI=1S/C13H6Cl3NO4/c14-7-8(15)11(19)12(9(16)10(7)18)21-17-13(20)6-4-2-1-3-5-6/h1-5H,(H,17,20). The highest BCUT2D eigenvalue weighted by atomic mass is 35.5. The van der Waals surface area contributed by atoms with E-state index in [1.54, 1.807) is 18.2 Å². The molecule has 1 aliphatic rings. The van der Waals surface area contributed by atoms with Gasteiger partial charge in [0.1, 0.15) is 15.1 Å². The highest BCUT2D eigenvalue weighted by molar-refractivity contribution is 6.64. The van der Waals surface area contributed by atoms with E-state index in [0.717, 1.165) is 0 Å². The molecule has 0 saturated carbocycles. The molecule has 1 aliphatic carbocycles. The van der Waals surface area contributed by atoms with Gasteiger partial charge in [0, 0.05) is 5.56 Å². The van der Waals surface area contributed by atoms with Gasteiger partial charge in [0.15, 0.2) is 0 Å². The van der Waals surface area contributed by atoms with Gasteiger partial charge in [-0.1, -0.05) is 53.0 Å². The molecule has 0 spiro atoms. The van der Waals surface area contributed by atoms with Crippen molar-refractivity contribution >= 4 is 52.3 Å². The summed E-state index contributed by atoms with van der Waals surface area (Å²) in [5, 5.41) is -1.56. The summed E-state index contributed by atoms with van der Waals surface area (Å²) in [5.41, 5.74) is 2.30. The Morgan fingerprint density at radius 2 is 1.48 bits per heavy atom. The molecule has 108 valence electrons. The summed E-state index contributed by atoms with van der Waals surface area (Å²) in [6.07, 6.45) is 0. The summed E-state index contributed by atoms with van der Waals surface area (Å²) < 4.78 is 0. The lowest BCUT2D eigenvalue weighted by atomic mass is 10.1. The van der Waals surface area contributed by atoms with Crippen LogP contribution < -0.4 is 5.48 Å². The minimum absolute atomic E-state index is 0.295. The number of nitrogens with one attached hydrogen (secondary N) is 1. The Morgan fingerprint density at radius 3 is 2.10 bits per heavy atom. The van der Waals surface area contributed by atoms with Crippen molar-refractivity contribution in [2.24, 2.45) is 0 Å². The summed E-state index contributed by atoms with van der Waals surface area (Å²) >= 11 is 16.8. The van der Waals surface area contributed by atoms with E-state index in [1.165, 1.54) is 12.1 Å². The number of hydrogen-bond acceptors (Lipinski definition) is 4. The van der Waals surface area contributed by atoms with E-state index in [2.05, 4.69) is 0 Å². The van der Waals surface area contributed by atoms with Crippen molar-refractivity contribution in [2.75, 3.05) is 0 Å². The van der Waals surface area contributed by atoms with E-state index >= 15 is 0 Å². The largest absolute Gasteiger partial charge is 0.373 e. The van der Waals surface area contributed by atoms with Gasteiger partial charge in [-0.05, 0) is 12.1 Å². The van der Waals surface area contributed by atoms with Gasteiger partial charge in [0.2, 0.25) is 17.3 Å². The van der Waals surface area contributed by atoms with Gasteiger partial charge in [-0.15, -0.1) is 0 Å². The van der Waals surface area contributed by atoms with Crippen molar-refractivity contribution in [1.29, 1.82) is 0 Å². The van der Waals surface area contributed by atoms with Crippen molar-refractivity contribution in [2.45, 2.75) is 0 Å². The average Bonchev–Trinajstić information content (AvgIpc) is 2.51. The van der Waals surface area contributed by atoms with Crippen molar-refractivity contribution < 1.29 is 19.2 Å². The Balaban J connectivity index is 2.15. The Hall–Kier alpha value is -1.82. The fourth-order valence-corrected chi connectivity index (χ4v) is 2.05. The first-order chi connectivity index (χ1) is 9.93. The molecule has 0 radical (unpaired) electrons. The third-order valence-electron chi connectivity index (χ3n) is 2.48. The normalized spacial score (nSPS) is 15.4. The summed E-state index contributed by atoms with van der Waals surface area (Å²) in [6.45, 7) is 0. The molecule has 1 aromatic carbocycles. The Bertz CT molecular complexity index is 695.